The molecule has 0 fully saturated rings. The van der Waals surface area contributed by atoms with Gasteiger partial charge >= 0.3 is 0 Å². The van der Waals surface area contributed by atoms with Crippen molar-refractivity contribution in [1.29, 1.82) is 0 Å². The smallest absolute Gasteiger partial charge is 0.0646 e. The lowest BCUT2D eigenvalue weighted by atomic mass is 10.3. The molecule has 0 saturated heterocycles. The van der Waals surface area contributed by atoms with Crippen molar-refractivity contribution < 1.29 is 0 Å². The monoisotopic (exact) mass is 314 g/mol. The molecule has 3 rings (SSSR count). The van der Waals surface area contributed by atoms with Crippen molar-refractivity contribution in [3.05, 3.63) is 82.6 Å². The Morgan fingerprint density at radius 3 is 2.43 bits per heavy atom. The van der Waals surface area contributed by atoms with Crippen LogP contribution in [0.15, 0.2) is 71.9 Å². The quantitative estimate of drug-likeness (QED) is 0.565. The minimum Gasteiger partial charge on any atom is -0.316 e. The Kier molecular flexibility index (Phi) is 4.09. The third-order valence-electron chi connectivity index (χ3n) is 3.06. The molecule has 0 unspecified atom stereocenters. The predicted molar refractivity (Wildman–Crippen MR) is 89.5 cm³/mol. The van der Waals surface area contributed by atoms with Crippen molar-refractivity contribution in [3.8, 4) is 5.69 Å². The normalized spacial score (nSPS) is 11.1. The van der Waals surface area contributed by atoms with E-state index in [1.807, 2.05) is 48.8 Å². The van der Waals surface area contributed by atoms with Gasteiger partial charge in [-0.3, -0.25) is 4.99 Å². The van der Waals surface area contributed by atoms with E-state index in [0.29, 0.717) is 10.0 Å². The molecule has 0 aliphatic carbocycles. The highest BCUT2D eigenvalue weighted by molar-refractivity contribution is 6.42. The van der Waals surface area contributed by atoms with Gasteiger partial charge in [-0.15, -0.1) is 0 Å². The van der Waals surface area contributed by atoms with Crippen LogP contribution in [0.3, 0.4) is 0 Å². The lowest BCUT2D eigenvalue weighted by Gasteiger charge is -2.05. The predicted octanol–water partition coefficient (Wildman–Crippen LogP) is 5.53. The van der Waals surface area contributed by atoms with Crippen LogP contribution in [0.5, 0.6) is 0 Å². The van der Waals surface area contributed by atoms with E-state index in [-0.39, 0.29) is 0 Å². The zero-order valence-corrected chi connectivity index (χ0v) is 12.6. The molecule has 0 aliphatic heterocycles. The lowest BCUT2D eigenvalue weighted by Crippen LogP contribution is -1.97. The van der Waals surface area contributed by atoms with Gasteiger partial charge in [0.1, 0.15) is 0 Å². The number of aromatic nitrogens is 1. The fourth-order valence-corrected chi connectivity index (χ4v) is 2.32. The van der Waals surface area contributed by atoms with Gasteiger partial charge in [0.2, 0.25) is 0 Å². The molecule has 0 amide bonds. The highest BCUT2D eigenvalue weighted by Crippen LogP contribution is 2.26. The molecule has 0 aliphatic rings. The van der Waals surface area contributed by atoms with Crippen LogP contribution in [0, 0.1) is 0 Å². The Morgan fingerprint density at radius 2 is 1.67 bits per heavy atom. The van der Waals surface area contributed by atoms with E-state index in [1.54, 1.807) is 12.1 Å². The maximum atomic E-state index is 5.99. The maximum absolute atomic E-state index is 5.99. The summed E-state index contributed by atoms with van der Waals surface area (Å²) < 4.78 is 2.07. The second-order valence-corrected chi connectivity index (χ2v) is 5.31. The molecule has 0 N–H and O–H groups in total. The van der Waals surface area contributed by atoms with E-state index in [4.69, 9.17) is 23.2 Å². The average Bonchev–Trinajstić information content (AvgIpc) is 2.98. The summed E-state index contributed by atoms with van der Waals surface area (Å²) in [4.78, 5) is 4.45. The summed E-state index contributed by atoms with van der Waals surface area (Å²) in [6.45, 7) is 0. The first-order valence-corrected chi connectivity index (χ1v) is 7.21. The van der Waals surface area contributed by atoms with Gasteiger partial charge < -0.3 is 4.57 Å². The Labute approximate surface area is 133 Å². The van der Waals surface area contributed by atoms with E-state index in [2.05, 4.69) is 21.7 Å². The molecular formula is C17H12Cl2N2. The molecular weight excluding hydrogens is 303 g/mol. The summed E-state index contributed by atoms with van der Waals surface area (Å²) in [5.41, 5.74) is 2.86. The first-order chi connectivity index (χ1) is 10.2. The van der Waals surface area contributed by atoms with Crippen LogP contribution in [0.2, 0.25) is 10.0 Å². The Bertz CT molecular complexity index is 776. The zero-order valence-electron chi connectivity index (χ0n) is 11.1. The van der Waals surface area contributed by atoms with Gasteiger partial charge in [0.25, 0.3) is 0 Å². The SMILES string of the molecule is Clc1ccc(N=Cc2cccn2-c2ccccc2)cc1Cl. The third-order valence-corrected chi connectivity index (χ3v) is 3.80. The number of aliphatic imine (C=N–C) groups is 1. The minimum absolute atomic E-state index is 0.504. The molecule has 2 aromatic carbocycles. The van der Waals surface area contributed by atoms with Crippen LogP contribution in [-0.4, -0.2) is 10.8 Å². The highest BCUT2D eigenvalue weighted by atomic mass is 35.5. The van der Waals surface area contributed by atoms with Crippen LogP contribution in [0.1, 0.15) is 5.69 Å². The molecule has 0 radical (unpaired) electrons. The van der Waals surface area contributed by atoms with E-state index < -0.39 is 0 Å². The number of para-hydroxylation sites is 1. The van der Waals surface area contributed by atoms with Crippen molar-refractivity contribution in [3.63, 3.8) is 0 Å². The fourth-order valence-electron chi connectivity index (χ4n) is 2.03. The van der Waals surface area contributed by atoms with Gasteiger partial charge in [-0.05, 0) is 42.5 Å². The van der Waals surface area contributed by atoms with Crippen LogP contribution in [-0.2, 0) is 0 Å². The van der Waals surface area contributed by atoms with E-state index in [0.717, 1.165) is 17.1 Å². The highest BCUT2D eigenvalue weighted by Gasteiger charge is 2.01. The number of benzene rings is 2. The summed E-state index contributed by atoms with van der Waals surface area (Å²) in [6, 6.07) is 19.4. The molecule has 3 aromatic rings. The van der Waals surface area contributed by atoms with Gasteiger partial charge in [0, 0.05) is 11.9 Å². The molecule has 4 heteroatoms. The summed E-state index contributed by atoms with van der Waals surface area (Å²) >= 11 is 11.9. The molecule has 2 nitrogen and oxygen atoms in total. The third kappa shape index (κ3) is 3.18. The average molecular weight is 315 g/mol. The Hall–Kier alpha value is -2.03. The largest absolute Gasteiger partial charge is 0.316 e. The second-order valence-electron chi connectivity index (χ2n) is 4.50. The molecule has 0 bridgehead atoms. The first-order valence-electron chi connectivity index (χ1n) is 6.46. The number of halogens is 2. The molecule has 1 heterocycles. The molecule has 0 spiro atoms. The van der Waals surface area contributed by atoms with E-state index >= 15 is 0 Å². The van der Waals surface area contributed by atoms with Crippen LogP contribution < -0.4 is 0 Å². The van der Waals surface area contributed by atoms with Crippen molar-refractivity contribution in [2.45, 2.75) is 0 Å². The summed E-state index contributed by atoms with van der Waals surface area (Å²) in [6.07, 6.45) is 3.82. The number of hydrogen-bond acceptors (Lipinski definition) is 1. The summed E-state index contributed by atoms with van der Waals surface area (Å²) in [5, 5.41) is 1.04. The van der Waals surface area contributed by atoms with Crippen LogP contribution in [0.25, 0.3) is 5.69 Å². The second kappa shape index (κ2) is 6.17. The van der Waals surface area contributed by atoms with Crippen molar-refractivity contribution in [2.75, 3.05) is 0 Å². The molecule has 104 valence electrons. The van der Waals surface area contributed by atoms with Crippen molar-refractivity contribution in [2.24, 2.45) is 4.99 Å². The minimum atomic E-state index is 0.504. The van der Waals surface area contributed by atoms with Gasteiger partial charge in [0.15, 0.2) is 0 Å². The Morgan fingerprint density at radius 1 is 0.857 bits per heavy atom. The van der Waals surface area contributed by atoms with Crippen LogP contribution >= 0.6 is 23.2 Å². The summed E-state index contributed by atoms with van der Waals surface area (Å²) in [5.74, 6) is 0. The van der Waals surface area contributed by atoms with E-state index in [9.17, 15) is 0 Å². The van der Waals surface area contributed by atoms with Gasteiger partial charge in [0.05, 0.1) is 27.6 Å². The van der Waals surface area contributed by atoms with Gasteiger partial charge in [-0.2, -0.15) is 0 Å². The van der Waals surface area contributed by atoms with Crippen molar-refractivity contribution in [1.82, 2.24) is 4.57 Å². The van der Waals surface area contributed by atoms with Gasteiger partial charge in [-0.25, -0.2) is 0 Å². The standard InChI is InChI=1S/C17H12Cl2N2/c18-16-9-8-13(11-17(16)19)20-12-15-7-4-10-21(15)14-5-2-1-3-6-14/h1-12H. The lowest BCUT2D eigenvalue weighted by molar-refractivity contribution is 1.07. The fraction of sp³-hybridized carbons (Fsp3) is 0. The maximum Gasteiger partial charge on any atom is 0.0646 e. The first kappa shape index (κ1) is 13.9. The van der Waals surface area contributed by atoms with Crippen LogP contribution in [0.4, 0.5) is 5.69 Å². The van der Waals surface area contributed by atoms with Crippen molar-refractivity contribution >= 4 is 35.1 Å². The molecule has 0 atom stereocenters. The van der Waals surface area contributed by atoms with Gasteiger partial charge in [-0.1, -0.05) is 41.4 Å². The summed E-state index contributed by atoms with van der Waals surface area (Å²) in [7, 11) is 0. The van der Waals surface area contributed by atoms with E-state index in [1.165, 1.54) is 0 Å². The number of rotatable bonds is 3. The number of nitrogens with zero attached hydrogens (tertiary/aromatic N) is 2. The number of hydrogen-bond donors (Lipinski definition) is 0. The molecule has 0 saturated carbocycles. The molecule has 1 aromatic heterocycles. The molecule has 21 heavy (non-hydrogen) atoms. The Balaban J connectivity index is 1.90. The zero-order chi connectivity index (χ0) is 14.7. The topological polar surface area (TPSA) is 17.3 Å².